The molecule has 0 amide bonds. The number of rotatable bonds is 5. The predicted molar refractivity (Wildman–Crippen MR) is 48.7 cm³/mol. The number of hydrogen-bond acceptors (Lipinski definition) is 4. The summed E-state index contributed by atoms with van der Waals surface area (Å²) in [5, 5.41) is 33.8. The molecule has 0 atom stereocenters. The van der Waals surface area contributed by atoms with E-state index in [1.54, 1.807) is 0 Å². The molecule has 0 radical (unpaired) electrons. The van der Waals surface area contributed by atoms with Gasteiger partial charge in [-0.2, -0.15) is 0 Å². The van der Waals surface area contributed by atoms with Gasteiger partial charge in [-0.1, -0.05) is 0 Å². The molecule has 0 rings (SSSR count). The van der Waals surface area contributed by atoms with E-state index < -0.39 is 36.4 Å². The first-order valence-corrected chi connectivity index (χ1v) is 3.17. The van der Waals surface area contributed by atoms with Crippen LogP contribution in [0.1, 0.15) is 17.1 Å². The number of halogens is 1. The van der Waals surface area contributed by atoms with Crippen molar-refractivity contribution >= 4 is 41.0 Å². The first-order chi connectivity index (χ1) is 5.78. The van der Waals surface area contributed by atoms with Crippen molar-refractivity contribution in [1.82, 2.24) is 0 Å². The Bertz CT molecular complexity index is 255. The van der Waals surface area contributed by atoms with Crippen LogP contribution in [0.3, 0.4) is 0 Å². The van der Waals surface area contributed by atoms with Crippen molar-refractivity contribution in [3.05, 3.63) is 0 Å². The van der Waals surface area contributed by atoms with Crippen LogP contribution in [0.15, 0.2) is 0 Å². The molecule has 0 spiro atoms. The molecule has 16 heavy (non-hydrogen) atoms. The Labute approximate surface area is 153 Å². The van der Waals surface area contributed by atoms with E-state index in [4.69, 9.17) is 20.4 Å². The minimum absolute atomic E-state index is 0. The molecule has 0 saturated carbocycles. The summed E-state index contributed by atoms with van der Waals surface area (Å²) < 4.78 is 0. The third kappa shape index (κ3) is 9.90. The van der Waals surface area contributed by atoms with E-state index in [0.29, 0.717) is 0 Å². The molecular formula is C6H12FKMgO7. The third-order valence-corrected chi connectivity index (χ3v) is 1.29. The van der Waals surface area contributed by atoms with Gasteiger partial charge in [0.2, 0.25) is 0 Å². The van der Waals surface area contributed by atoms with E-state index >= 15 is 0 Å². The van der Waals surface area contributed by atoms with Gasteiger partial charge in [0.25, 0.3) is 0 Å². The number of carbonyl (C=O) groups is 3. The van der Waals surface area contributed by atoms with E-state index in [1.807, 2.05) is 0 Å². The maximum Gasteiger partial charge on any atom is 2.00 e. The fourth-order valence-electron chi connectivity index (χ4n) is 0.714. The van der Waals surface area contributed by atoms with Crippen LogP contribution >= 0.6 is 0 Å². The van der Waals surface area contributed by atoms with Gasteiger partial charge in [0, 0.05) is 0 Å². The third-order valence-electron chi connectivity index (χ3n) is 1.29. The number of aliphatic hydroxyl groups is 1. The standard InChI is InChI=1S/C6H8O7.FH.K.Mg.3H/c7-3(8)1-6(13,5(11)12)2-4(9)10;;;;;;/h13H,1-2H2,(H,7,8)(H,9,10)(H,11,12);1H;;;;;/q;;+1;+2;3*-1. The van der Waals surface area contributed by atoms with Crippen LogP contribution in [0.5, 0.6) is 0 Å². The topological polar surface area (TPSA) is 132 Å². The minimum atomic E-state index is -2.74. The second kappa shape index (κ2) is 10.8. The zero-order valence-corrected chi connectivity index (χ0v) is 13.1. The molecule has 0 unspecified atom stereocenters. The summed E-state index contributed by atoms with van der Waals surface area (Å²) in [4.78, 5) is 30.5. The average molecular weight is 279 g/mol. The van der Waals surface area contributed by atoms with Gasteiger partial charge >= 0.3 is 92.3 Å². The Kier molecular flexibility index (Phi) is 17.3. The summed E-state index contributed by atoms with van der Waals surface area (Å²) in [5.41, 5.74) is -2.74. The Morgan fingerprint density at radius 3 is 1.38 bits per heavy atom. The second-order valence-corrected chi connectivity index (χ2v) is 2.48. The molecule has 7 nitrogen and oxygen atoms in total. The van der Waals surface area contributed by atoms with Gasteiger partial charge in [0.15, 0.2) is 5.60 Å². The van der Waals surface area contributed by atoms with Crippen LogP contribution in [0.2, 0.25) is 0 Å². The molecule has 0 saturated heterocycles. The van der Waals surface area contributed by atoms with Gasteiger partial charge in [-0.05, 0) is 0 Å². The molecule has 0 aliphatic heterocycles. The molecule has 0 aromatic rings. The quantitative estimate of drug-likeness (QED) is 0.375. The van der Waals surface area contributed by atoms with Crippen molar-refractivity contribution in [3.63, 3.8) is 0 Å². The molecule has 0 fully saturated rings. The zero-order chi connectivity index (χ0) is 10.6. The Morgan fingerprint density at radius 2 is 1.25 bits per heavy atom. The van der Waals surface area contributed by atoms with Crippen molar-refractivity contribution in [2.24, 2.45) is 0 Å². The number of aliphatic carboxylic acids is 3. The van der Waals surface area contributed by atoms with Crippen LogP contribution in [0.4, 0.5) is 4.70 Å². The Morgan fingerprint density at radius 1 is 1.00 bits per heavy atom. The van der Waals surface area contributed by atoms with Crippen molar-refractivity contribution < 1.29 is 95.2 Å². The van der Waals surface area contributed by atoms with Gasteiger partial charge < -0.3 is 24.7 Å². The van der Waals surface area contributed by atoms with Crippen LogP contribution in [-0.4, -0.2) is 67.0 Å². The van der Waals surface area contributed by atoms with Gasteiger partial charge in [-0.3, -0.25) is 14.3 Å². The summed E-state index contributed by atoms with van der Waals surface area (Å²) in [6, 6.07) is 0. The van der Waals surface area contributed by atoms with Crippen molar-refractivity contribution in [1.29, 1.82) is 0 Å². The number of carboxylic acid groups (broad SMARTS) is 3. The largest absolute Gasteiger partial charge is 2.00 e. The smallest absolute Gasteiger partial charge is 1.00 e. The van der Waals surface area contributed by atoms with Crippen LogP contribution in [0.25, 0.3) is 0 Å². The Hall–Kier alpha value is 0.703. The van der Waals surface area contributed by atoms with E-state index in [-0.39, 0.29) is 83.4 Å². The van der Waals surface area contributed by atoms with Crippen LogP contribution < -0.4 is 51.4 Å². The van der Waals surface area contributed by atoms with Crippen molar-refractivity contribution in [3.8, 4) is 0 Å². The maximum absolute atomic E-state index is 10.3. The molecule has 0 bridgehead atoms. The molecular weight excluding hydrogens is 266 g/mol. The van der Waals surface area contributed by atoms with E-state index in [0.717, 1.165) is 0 Å². The summed E-state index contributed by atoms with van der Waals surface area (Å²) in [7, 11) is 0. The van der Waals surface area contributed by atoms with E-state index in [2.05, 4.69) is 0 Å². The molecule has 0 aromatic carbocycles. The molecule has 4 N–H and O–H groups in total. The first-order valence-electron chi connectivity index (χ1n) is 3.17. The minimum Gasteiger partial charge on any atom is -1.00 e. The summed E-state index contributed by atoms with van der Waals surface area (Å²) in [6.45, 7) is 0. The monoisotopic (exact) mass is 278 g/mol. The number of carboxylic acids is 3. The summed E-state index contributed by atoms with van der Waals surface area (Å²) in [5.74, 6) is -5.02. The SMILES string of the molecule is F.O=C(O)CC(O)(CC(=O)O)C(=O)O.[H-].[H-].[H-].[K+].[Mg+2]. The summed E-state index contributed by atoms with van der Waals surface area (Å²) in [6.07, 6.45) is -2.29. The van der Waals surface area contributed by atoms with Gasteiger partial charge in [-0.15, -0.1) is 0 Å². The van der Waals surface area contributed by atoms with E-state index in [1.165, 1.54) is 0 Å². The zero-order valence-electron chi connectivity index (χ0n) is 11.5. The maximum atomic E-state index is 10.3. The molecule has 0 aliphatic rings. The van der Waals surface area contributed by atoms with Crippen molar-refractivity contribution in [2.75, 3.05) is 0 Å². The Balaban J connectivity index is -0.0000000480. The van der Waals surface area contributed by atoms with Crippen LogP contribution in [0, 0.1) is 0 Å². The molecule has 10 heteroatoms. The fraction of sp³-hybridized carbons (Fsp3) is 0.500. The van der Waals surface area contributed by atoms with Gasteiger partial charge in [0.05, 0.1) is 12.8 Å². The second-order valence-electron chi connectivity index (χ2n) is 2.48. The van der Waals surface area contributed by atoms with Crippen LogP contribution in [-0.2, 0) is 14.4 Å². The molecule has 88 valence electrons. The van der Waals surface area contributed by atoms with Gasteiger partial charge in [-0.25, -0.2) is 4.79 Å². The fourth-order valence-corrected chi connectivity index (χ4v) is 0.714. The predicted octanol–water partition coefficient (Wildman–Crippen LogP) is -4.14. The molecule has 0 heterocycles. The summed E-state index contributed by atoms with van der Waals surface area (Å²) >= 11 is 0. The molecule has 0 aromatic heterocycles. The van der Waals surface area contributed by atoms with E-state index in [9.17, 15) is 14.4 Å². The number of hydrogen-bond donors (Lipinski definition) is 4. The average Bonchev–Trinajstić information content (AvgIpc) is 1.82. The van der Waals surface area contributed by atoms with Crippen molar-refractivity contribution in [2.45, 2.75) is 18.4 Å². The molecule has 0 aliphatic carbocycles. The first kappa shape index (κ1) is 25.5. The normalized spacial score (nSPS) is 8.81. The van der Waals surface area contributed by atoms with Gasteiger partial charge in [0.1, 0.15) is 0 Å².